The maximum atomic E-state index is 13.7. The first-order chi connectivity index (χ1) is 11.0. The second-order valence-electron chi connectivity index (χ2n) is 5.45. The van der Waals surface area contributed by atoms with Gasteiger partial charge >= 0.3 is 5.97 Å². The Hall–Kier alpha value is -1.90. The molecule has 0 aliphatic rings. The van der Waals surface area contributed by atoms with Crippen molar-refractivity contribution in [2.45, 2.75) is 26.4 Å². The van der Waals surface area contributed by atoms with E-state index in [1.165, 1.54) is 0 Å². The fraction of sp³-hybridized carbons (Fsp3) is 0.278. The molecular weight excluding hydrogens is 309 g/mol. The molecule has 0 bridgehead atoms. The van der Waals surface area contributed by atoms with Gasteiger partial charge in [0.2, 0.25) is 0 Å². The highest BCUT2D eigenvalue weighted by Gasteiger charge is 2.36. The minimum Gasteiger partial charge on any atom is -0.480 e. The number of benzene rings is 2. The number of hydrogen-bond acceptors (Lipinski definition) is 2. The second kappa shape index (κ2) is 7.58. The maximum Gasteiger partial charge on any atom is 0.321 e. The molecule has 2 aromatic rings. The van der Waals surface area contributed by atoms with Gasteiger partial charge in [-0.1, -0.05) is 67.6 Å². The molecule has 0 heterocycles. The molecule has 0 spiro atoms. The number of rotatable bonds is 7. The summed E-state index contributed by atoms with van der Waals surface area (Å²) in [6.07, 6.45) is 0.390. The van der Waals surface area contributed by atoms with Crippen molar-refractivity contribution in [3.8, 4) is 0 Å². The molecule has 0 saturated carbocycles. The summed E-state index contributed by atoms with van der Waals surface area (Å²) in [5.74, 6) is -0.967. The van der Waals surface area contributed by atoms with Crippen LogP contribution in [0, 0.1) is 0 Å². The Bertz CT molecular complexity index is 688. The van der Waals surface area contributed by atoms with Crippen molar-refractivity contribution in [2.75, 3.05) is 6.16 Å². The lowest BCUT2D eigenvalue weighted by atomic mass is 10.2. The zero-order valence-corrected chi connectivity index (χ0v) is 14.3. The van der Waals surface area contributed by atoms with Crippen LogP contribution in [0.5, 0.6) is 0 Å². The molecule has 5 heteroatoms. The zero-order valence-electron chi connectivity index (χ0n) is 13.4. The maximum absolute atomic E-state index is 13.7. The Morgan fingerprint density at radius 1 is 1.09 bits per heavy atom. The van der Waals surface area contributed by atoms with Gasteiger partial charge in [0, 0.05) is 18.0 Å². The minimum atomic E-state index is -2.99. The van der Waals surface area contributed by atoms with Gasteiger partial charge in [0.1, 0.15) is 6.04 Å². The van der Waals surface area contributed by atoms with E-state index in [0.29, 0.717) is 18.0 Å². The summed E-state index contributed by atoms with van der Waals surface area (Å²) in [6, 6.07) is 17.9. The lowest BCUT2D eigenvalue weighted by Gasteiger charge is -2.34. The molecule has 23 heavy (non-hydrogen) atoms. The lowest BCUT2D eigenvalue weighted by Crippen LogP contribution is -2.39. The number of carboxylic acid groups (broad SMARTS) is 1. The third-order valence-electron chi connectivity index (χ3n) is 4.00. The Labute approximate surface area is 137 Å². The standard InChI is InChI=1S/C18H22NO3P/c1-3-23(22,17-12-8-5-9-13-17)19(15(2)18(20)21)14-16-10-6-4-7-11-16/h4-13,15H,3,14H2,1-2H3,(H,20,21)/t15-,23+/m1/s1. The molecule has 0 saturated heterocycles. The van der Waals surface area contributed by atoms with Crippen LogP contribution in [0.3, 0.4) is 0 Å². The normalized spacial score (nSPS) is 15.1. The molecule has 0 fully saturated rings. The second-order valence-corrected chi connectivity index (χ2v) is 8.52. The lowest BCUT2D eigenvalue weighted by molar-refractivity contribution is -0.141. The van der Waals surface area contributed by atoms with Gasteiger partial charge < -0.3 is 9.67 Å². The summed E-state index contributed by atoms with van der Waals surface area (Å²) in [7, 11) is -2.99. The molecule has 4 nitrogen and oxygen atoms in total. The van der Waals surface area contributed by atoms with Crippen molar-refractivity contribution >= 4 is 18.6 Å². The van der Waals surface area contributed by atoms with Gasteiger partial charge in [-0.05, 0) is 12.5 Å². The van der Waals surface area contributed by atoms with Crippen molar-refractivity contribution in [1.29, 1.82) is 0 Å². The van der Waals surface area contributed by atoms with Crippen LogP contribution in [0.25, 0.3) is 0 Å². The highest BCUT2D eigenvalue weighted by molar-refractivity contribution is 7.69. The number of carbonyl (C=O) groups is 1. The number of carboxylic acids is 1. The Balaban J connectivity index is 2.46. The highest BCUT2D eigenvalue weighted by Crippen LogP contribution is 2.50. The van der Waals surface area contributed by atoms with Crippen molar-refractivity contribution in [2.24, 2.45) is 0 Å². The molecule has 2 atom stereocenters. The van der Waals surface area contributed by atoms with E-state index in [4.69, 9.17) is 0 Å². The summed E-state index contributed by atoms with van der Waals surface area (Å²) in [6.45, 7) is 3.78. The summed E-state index contributed by atoms with van der Waals surface area (Å²) in [5.41, 5.74) is 0.949. The van der Waals surface area contributed by atoms with Crippen LogP contribution in [0.1, 0.15) is 19.4 Å². The van der Waals surface area contributed by atoms with Gasteiger partial charge in [-0.15, -0.1) is 0 Å². The third-order valence-corrected chi connectivity index (χ3v) is 7.28. The van der Waals surface area contributed by atoms with E-state index in [-0.39, 0.29) is 0 Å². The molecular formula is C18H22NO3P. The van der Waals surface area contributed by atoms with E-state index in [1.807, 2.05) is 67.6 Å². The van der Waals surface area contributed by atoms with Crippen LogP contribution >= 0.6 is 7.29 Å². The minimum absolute atomic E-state index is 0.342. The van der Waals surface area contributed by atoms with E-state index in [9.17, 15) is 14.5 Å². The number of hydrogen-bond donors (Lipinski definition) is 1. The first kappa shape index (κ1) is 17.5. The topological polar surface area (TPSA) is 57.6 Å². The average Bonchev–Trinajstić information content (AvgIpc) is 2.60. The quantitative estimate of drug-likeness (QED) is 0.788. The van der Waals surface area contributed by atoms with Crippen molar-refractivity contribution in [3.05, 3.63) is 66.2 Å². The molecule has 0 aromatic heterocycles. The van der Waals surface area contributed by atoms with Crippen LogP contribution in [0.15, 0.2) is 60.7 Å². The first-order valence-corrected chi connectivity index (χ1v) is 9.52. The van der Waals surface area contributed by atoms with E-state index in [0.717, 1.165) is 5.56 Å². The Morgan fingerprint density at radius 3 is 2.09 bits per heavy atom. The van der Waals surface area contributed by atoms with Crippen LogP contribution < -0.4 is 5.30 Å². The number of aliphatic carboxylic acids is 1. The van der Waals surface area contributed by atoms with Gasteiger partial charge in [0.15, 0.2) is 7.29 Å². The summed E-state index contributed by atoms with van der Waals surface area (Å²) >= 11 is 0. The fourth-order valence-corrected chi connectivity index (χ4v) is 5.32. The van der Waals surface area contributed by atoms with E-state index < -0.39 is 19.3 Å². The largest absolute Gasteiger partial charge is 0.480 e. The number of nitrogens with zero attached hydrogens (tertiary/aromatic N) is 1. The predicted molar refractivity (Wildman–Crippen MR) is 93.3 cm³/mol. The molecule has 0 aliphatic carbocycles. The van der Waals surface area contributed by atoms with Crippen LogP contribution in [-0.2, 0) is 15.9 Å². The van der Waals surface area contributed by atoms with Gasteiger partial charge in [-0.3, -0.25) is 4.79 Å². The van der Waals surface area contributed by atoms with Crippen LogP contribution in [0.4, 0.5) is 0 Å². The summed E-state index contributed by atoms with van der Waals surface area (Å²) in [4.78, 5) is 11.6. The fourth-order valence-electron chi connectivity index (χ4n) is 2.60. The molecule has 1 N–H and O–H groups in total. The van der Waals surface area contributed by atoms with Gasteiger partial charge in [0.05, 0.1) is 0 Å². The van der Waals surface area contributed by atoms with Gasteiger partial charge in [-0.2, -0.15) is 0 Å². The summed E-state index contributed by atoms with van der Waals surface area (Å²) in [5, 5.41) is 10.2. The van der Waals surface area contributed by atoms with Gasteiger partial charge in [-0.25, -0.2) is 4.67 Å². The monoisotopic (exact) mass is 331 g/mol. The molecule has 2 rings (SSSR count). The predicted octanol–water partition coefficient (Wildman–Crippen LogP) is 3.59. The van der Waals surface area contributed by atoms with Crippen molar-refractivity contribution in [1.82, 2.24) is 4.67 Å². The molecule has 0 amide bonds. The SMILES string of the molecule is CC[P@](=O)(c1ccccc1)N(Cc1ccccc1)[C@H](C)C(=O)O. The van der Waals surface area contributed by atoms with E-state index >= 15 is 0 Å². The first-order valence-electron chi connectivity index (χ1n) is 7.67. The van der Waals surface area contributed by atoms with Crippen molar-refractivity contribution < 1.29 is 14.5 Å². The van der Waals surface area contributed by atoms with Crippen LogP contribution in [0.2, 0.25) is 0 Å². The Morgan fingerprint density at radius 2 is 1.61 bits per heavy atom. The highest BCUT2D eigenvalue weighted by atomic mass is 31.2. The van der Waals surface area contributed by atoms with Gasteiger partial charge in [0.25, 0.3) is 0 Å². The smallest absolute Gasteiger partial charge is 0.321 e. The molecule has 2 aromatic carbocycles. The zero-order chi connectivity index (χ0) is 16.9. The van der Waals surface area contributed by atoms with Crippen LogP contribution in [-0.4, -0.2) is 27.9 Å². The molecule has 0 radical (unpaired) electrons. The summed E-state index contributed by atoms with van der Waals surface area (Å²) < 4.78 is 15.3. The van der Waals surface area contributed by atoms with E-state index in [2.05, 4.69) is 0 Å². The average molecular weight is 331 g/mol. The molecule has 0 unspecified atom stereocenters. The molecule has 122 valence electrons. The van der Waals surface area contributed by atoms with Crippen molar-refractivity contribution in [3.63, 3.8) is 0 Å². The van der Waals surface area contributed by atoms with E-state index in [1.54, 1.807) is 11.6 Å². The molecule has 0 aliphatic heterocycles. The Kier molecular flexibility index (Phi) is 5.75. The third kappa shape index (κ3) is 3.90.